The predicted molar refractivity (Wildman–Crippen MR) is 187 cm³/mol. The Balaban J connectivity index is 4.34. The fourth-order valence-corrected chi connectivity index (χ4v) is 6.01. The van der Waals surface area contributed by atoms with Crippen molar-refractivity contribution in [2.45, 2.75) is 181 Å². The van der Waals surface area contributed by atoms with Gasteiger partial charge in [-0.05, 0) is 38.5 Å². The third kappa shape index (κ3) is 28.2. The van der Waals surface area contributed by atoms with E-state index in [0.29, 0.717) is 32.2 Å². The van der Waals surface area contributed by atoms with Crippen LogP contribution in [0, 0.1) is 5.92 Å². The number of Topliss-reactive ketones (excluding diaryl/α,β-unsaturated/α-hetero) is 2. The molecule has 1 atom stereocenters. The minimum absolute atomic E-state index is 0.0332. The van der Waals surface area contributed by atoms with E-state index in [4.69, 9.17) is 5.11 Å². The van der Waals surface area contributed by atoms with Gasteiger partial charge in [0.15, 0.2) is 0 Å². The number of unbranched alkanes of at least 4 members (excludes halogenated alkanes) is 18. The van der Waals surface area contributed by atoms with Crippen molar-refractivity contribution in [3.8, 4) is 0 Å². The van der Waals surface area contributed by atoms with Crippen LogP contribution in [0.5, 0.6) is 0 Å². The van der Waals surface area contributed by atoms with Gasteiger partial charge in [0.25, 0.3) is 0 Å². The number of aliphatic hydroxyl groups excluding tert-OH is 1. The lowest BCUT2D eigenvalue weighted by Crippen LogP contribution is -2.42. The summed E-state index contributed by atoms with van der Waals surface area (Å²) in [5.74, 6) is 0.0104. The molecule has 0 saturated heterocycles. The summed E-state index contributed by atoms with van der Waals surface area (Å²) in [6, 6.07) is 0. The van der Waals surface area contributed by atoms with Gasteiger partial charge in [-0.2, -0.15) is 0 Å². The lowest BCUT2D eigenvalue weighted by Gasteiger charge is -2.28. The van der Waals surface area contributed by atoms with Gasteiger partial charge in [0.05, 0.1) is 27.2 Å². The maximum Gasteiger partial charge on any atom is 0.223 e. The first kappa shape index (κ1) is 42.7. The zero-order valence-corrected chi connectivity index (χ0v) is 29.9. The summed E-state index contributed by atoms with van der Waals surface area (Å²) < 4.78 is 0.891. The minimum atomic E-state index is -0.374. The van der Waals surface area contributed by atoms with E-state index in [1.54, 1.807) is 0 Å². The van der Waals surface area contributed by atoms with Crippen LogP contribution in [-0.4, -0.2) is 67.4 Å². The Morgan fingerprint density at radius 2 is 1.02 bits per heavy atom. The molecule has 0 aliphatic rings. The molecule has 2 N–H and O–H groups in total. The molecule has 6 nitrogen and oxygen atoms in total. The first-order chi connectivity index (χ1) is 21.3. The molecule has 0 aromatic heterocycles. The van der Waals surface area contributed by atoms with Crippen LogP contribution in [0.15, 0.2) is 0 Å². The van der Waals surface area contributed by atoms with Crippen LogP contribution in [0.25, 0.3) is 0 Å². The average Bonchev–Trinajstić information content (AvgIpc) is 2.99. The van der Waals surface area contributed by atoms with Crippen molar-refractivity contribution in [2.75, 3.05) is 40.3 Å². The Morgan fingerprint density at radius 3 is 1.55 bits per heavy atom. The van der Waals surface area contributed by atoms with Crippen LogP contribution >= 0.6 is 0 Å². The van der Waals surface area contributed by atoms with Gasteiger partial charge in [-0.1, -0.05) is 117 Å². The number of hydrogen-bond acceptors (Lipinski definition) is 4. The van der Waals surface area contributed by atoms with Crippen LogP contribution < -0.4 is 5.32 Å². The molecule has 0 aliphatic carbocycles. The highest BCUT2D eigenvalue weighted by Crippen LogP contribution is 2.18. The fraction of sp³-hybridized carbons (Fsp3) is 0.921. The van der Waals surface area contributed by atoms with Crippen LogP contribution in [-0.2, 0) is 14.4 Å². The number of carbonyl (C=O) groups excluding carboxylic acids is 3. The Hall–Kier alpha value is -1.27. The normalized spacial score (nSPS) is 12.4. The zero-order valence-electron chi connectivity index (χ0n) is 29.9. The van der Waals surface area contributed by atoms with E-state index in [-0.39, 0.29) is 36.4 Å². The van der Waals surface area contributed by atoms with E-state index in [1.807, 2.05) is 0 Å². The van der Waals surface area contributed by atoms with Crippen molar-refractivity contribution in [2.24, 2.45) is 5.92 Å². The number of nitrogens with zero attached hydrogens (tertiary/aromatic N) is 1. The van der Waals surface area contributed by atoms with Crippen molar-refractivity contribution in [3.05, 3.63) is 0 Å². The van der Waals surface area contributed by atoms with Gasteiger partial charge in [0, 0.05) is 38.1 Å². The molecule has 1 amide bonds. The number of hydrogen-bond donors (Lipinski definition) is 2. The average molecular weight is 624 g/mol. The second-order valence-electron chi connectivity index (χ2n) is 14.1. The standard InChI is InChI=1S/C38H74N2O4/c1-5-7-9-11-15-18-22-26-36(42)29-28-35(38(44)39-30-24-20-12-10-8-6-2)34-37(43)27-23-19-16-13-14-17-21-25-31-40(3,4)32-33-41/h35,41H,5-34H2,1-4H3/p+1. The Morgan fingerprint density at radius 1 is 0.568 bits per heavy atom. The summed E-state index contributed by atoms with van der Waals surface area (Å²) in [4.78, 5) is 38.5. The number of nitrogens with one attached hydrogen (secondary N) is 1. The van der Waals surface area contributed by atoms with Crippen LogP contribution in [0.4, 0.5) is 0 Å². The highest BCUT2D eigenvalue weighted by atomic mass is 16.3. The zero-order chi connectivity index (χ0) is 32.7. The molecule has 0 rings (SSSR count). The monoisotopic (exact) mass is 624 g/mol. The third-order valence-electron chi connectivity index (χ3n) is 9.18. The third-order valence-corrected chi connectivity index (χ3v) is 9.18. The Bertz CT molecular complexity index is 694. The number of amides is 1. The molecule has 0 aliphatic heterocycles. The van der Waals surface area contributed by atoms with Crippen molar-refractivity contribution in [3.63, 3.8) is 0 Å². The number of ketones is 2. The fourth-order valence-electron chi connectivity index (χ4n) is 6.01. The molecule has 0 aromatic rings. The summed E-state index contributed by atoms with van der Waals surface area (Å²) in [6.07, 6.45) is 27.1. The maximum atomic E-state index is 13.0. The number of aliphatic hydroxyl groups is 1. The topological polar surface area (TPSA) is 83.5 Å². The lowest BCUT2D eigenvalue weighted by atomic mass is 9.92. The van der Waals surface area contributed by atoms with Crippen molar-refractivity contribution >= 4 is 17.5 Å². The summed E-state index contributed by atoms with van der Waals surface area (Å²) in [6.45, 7) is 7.30. The minimum Gasteiger partial charge on any atom is -0.391 e. The van der Waals surface area contributed by atoms with E-state index in [1.165, 1.54) is 89.9 Å². The molecule has 0 spiro atoms. The number of carbonyl (C=O) groups is 3. The number of rotatable bonds is 34. The van der Waals surface area contributed by atoms with E-state index < -0.39 is 0 Å². The molecule has 0 radical (unpaired) electrons. The smallest absolute Gasteiger partial charge is 0.223 e. The highest BCUT2D eigenvalue weighted by molar-refractivity contribution is 5.87. The lowest BCUT2D eigenvalue weighted by molar-refractivity contribution is -0.890. The number of quaternary nitrogens is 1. The molecule has 44 heavy (non-hydrogen) atoms. The molecule has 0 bridgehead atoms. The van der Waals surface area contributed by atoms with Gasteiger partial charge in [0.1, 0.15) is 18.1 Å². The van der Waals surface area contributed by atoms with Gasteiger partial charge in [-0.15, -0.1) is 0 Å². The molecule has 0 saturated carbocycles. The molecule has 0 heterocycles. The SMILES string of the molecule is CCCCCCCCCC(=O)CCC(CC(=O)CCCCCCCCCC[N+](C)(C)CCO)C(=O)NCCCCCCCC. The van der Waals surface area contributed by atoms with E-state index >= 15 is 0 Å². The van der Waals surface area contributed by atoms with Crippen LogP contribution in [0.1, 0.15) is 181 Å². The summed E-state index contributed by atoms with van der Waals surface area (Å²) in [5, 5.41) is 12.2. The molecular weight excluding hydrogens is 548 g/mol. The van der Waals surface area contributed by atoms with Gasteiger partial charge < -0.3 is 14.9 Å². The van der Waals surface area contributed by atoms with Crippen LogP contribution in [0.3, 0.4) is 0 Å². The number of likely N-dealkylation sites (N-methyl/N-ethyl adjacent to an activating group) is 1. The summed E-state index contributed by atoms with van der Waals surface area (Å²) >= 11 is 0. The Kier molecular flexibility index (Phi) is 29.5. The van der Waals surface area contributed by atoms with Crippen molar-refractivity contribution in [1.82, 2.24) is 5.32 Å². The molecule has 1 unspecified atom stereocenters. The second kappa shape index (κ2) is 30.4. The van der Waals surface area contributed by atoms with E-state index in [2.05, 4.69) is 33.3 Å². The quantitative estimate of drug-likeness (QED) is 0.0553. The molecule has 6 heteroatoms. The molecule has 0 aromatic carbocycles. The van der Waals surface area contributed by atoms with E-state index in [9.17, 15) is 14.4 Å². The second-order valence-corrected chi connectivity index (χ2v) is 14.1. The molecule has 260 valence electrons. The predicted octanol–water partition coefficient (Wildman–Crippen LogP) is 9.11. The van der Waals surface area contributed by atoms with Gasteiger partial charge in [-0.25, -0.2) is 0 Å². The first-order valence-corrected chi connectivity index (χ1v) is 19.0. The maximum absolute atomic E-state index is 13.0. The van der Waals surface area contributed by atoms with Crippen molar-refractivity contribution < 1.29 is 24.0 Å². The summed E-state index contributed by atoms with van der Waals surface area (Å²) in [7, 11) is 4.36. The van der Waals surface area contributed by atoms with Crippen molar-refractivity contribution in [1.29, 1.82) is 0 Å². The Labute approximate surface area is 273 Å². The molecular formula is C38H75N2O4+. The van der Waals surface area contributed by atoms with Crippen LogP contribution in [0.2, 0.25) is 0 Å². The molecule has 0 fully saturated rings. The van der Waals surface area contributed by atoms with Gasteiger partial charge in [-0.3, -0.25) is 14.4 Å². The van der Waals surface area contributed by atoms with Gasteiger partial charge >= 0.3 is 0 Å². The highest BCUT2D eigenvalue weighted by Gasteiger charge is 2.22. The largest absolute Gasteiger partial charge is 0.391 e. The summed E-state index contributed by atoms with van der Waals surface area (Å²) in [5.41, 5.74) is 0. The van der Waals surface area contributed by atoms with E-state index in [0.717, 1.165) is 62.5 Å². The van der Waals surface area contributed by atoms with Gasteiger partial charge in [0.2, 0.25) is 5.91 Å². The first-order valence-electron chi connectivity index (χ1n) is 19.0.